The van der Waals surface area contributed by atoms with Crippen molar-refractivity contribution in [3.05, 3.63) is 75.7 Å². The van der Waals surface area contributed by atoms with Gasteiger partial charge in [-0.25, -0.2) is 17.2 Å². The third kappa shape index (κ3) is 5.42. The second kappa shape index (κ2) is 8.62. The topological polar surface area (TPSA) is 85.6 Å². The molecule has 0 atom stereocenters. The molecule has 9 heteroatoms. The van der Waals surface area contributed by atoms with Crippen molar-refractivity contribution in [3.8, 4) is 28.4 Å². The van der Waals surface area contributed by atoms with Crippen LogP contribution in [-0.2, 0) is 22.1 Å². The van der Waals surface area contributed by atoms with Crippen LogP contribution in [0.5, 0.6) is 17.2 Å². The summed E-state index contributed by atoms with van der Waals surface area (Å²) in [5.74, 6) is -2.27. The molecule has 1 aliphatic carbocycles. The summed E-state index contributed by atoms with van der Waals surface area (Å²) in [7, 11) is -3.47. The Morgan fingerprint density at radius 3 is 2.48 bits per heavy atom. The molecule has 0 amide bonds. The number of hydrogen-bond donors (Lipinski definition) is 1. The lowest BCUT2D eigenvalue weighted by atomic mass is 10.0. The molecule has 6 nitrogen and oxygen atoms in total. The Kier molecular flexibility index (Phi) is 6.00. The van der Waals surface area contributed by atoms with E-state index in [0.29, 0.717) is 35.2 Å². The average molecular weight is 476 g/mol. The van der Waals surface area contributed by atoms with E-state index >= 15 is 0 Å². The highest BCUT2D eigenvalue weighted by molar-refractivity contribution is 7.89. The molecule has 1 fully saturated rings. The van der Waals surface area contributed by atoms with Crippen molar-refractivity contribution < 1.29 is 27.0 Å². The molecule has 2 aromatic carbocycles. The number of halogens is 2. The zero-order valence-electron chi connectivity index (χ0n) is 18.1. The van der Waals surface area contributed by atoms with Gasteiger partial charge in [0.25, 0.3) is 5.56 Å². The van der Waals surface area contributed by atoms with Crippen LogP contribution in [0, 0.1) is 24.5 Å². The highest BCUT2D eigenvalue weighted by Gasteiger charge is 2.23. The first-order valence-electron chi connectivity index (χ1n) is 10.4. The number of nitrogens with zero attached hydrogens (tertiary/aromatic N) is 1. The molecule has 4 rings (SSSR count). The van der Waals surface area contributed by atoms with Gasteiger partial charge in [-0.15, -0.1) is 0 Å². The van der Waals surface area contributed by atoms with Gasteiger partial charge in [-0.1, -0.05) is 0 Å². The molecule has 0 radical (unpaired) electrons. The fourth-order valence-corrected chi connectivity index (χ4v) is 4.44. The molecule has 1 aliphatic rings. The van der Waals surface area contributed by atoms with E-state index in [4.69, 9.17) is 4.74 Å². The van der Waals surface area contributed by atoms with E-state index in [9.17, 15) is 27.1 Å². The van der Waals surface area contributed by atoms with E-state index in [1.165, 1.54) is 12.1 Å². The Morgan fingerprint density at radius 2 is 1.85 bits per heavy atom. The predicted octanol–water partition coefficient (Wildman–Crippen LogP) is 4.55. The van der Waals surface area contributed by atoms with E-state index in [0.717, 1.165) is 31.2 Å². The Hall–Kier alpha value is -3.20. The predicted molar refractivity (Wildman–Crippen MR) is 120 cm³/mol. The van der Waals surface area contributed by atoms with Gasteiger partial charge in [0.2, 0.25) is 0 Å². The minimum atomic E-state index is -3.47. The molecule has 0 spiro atoms. The first-order valence-corrected chi connectivity index (χ1v) is 12.4. The Labute approximate surface area is 190 Å². The molecule has 33 heavy (non-hydrogen) atoms. The second-order valence-corrected chi connectivity index (χ2v) is 10.7. The van der Waals surface area contributed by atoms with E-state index in [2.05, 4.69) is 0 Å². The molecule has 1 N–H and O–H groups in total. The van der Waals surface area contributed by atoms with Crippen LogP contribution in [-0.4, -0.2) is 24.3 Å². The SMILES string of the molecule is Cc1cc(-c2cc(CS(C)(=O)=O)c(O)cc2Oc2ccc(F)cc2F)cn(CC2CC2)c1=O. The maximum atomic E-state index is 14.3. The number of phenols is 1. The first-order chi connectivity index (χ1) is 15.5. The average Bonchev–Trinajstić information content (AvgIpc) is 3.52. The van der Waals surface area contributed by atoms with Gasteiger partial charge in [-0.3, -0.25) is 4.79 Å². The summed E-state index contributed by atoms with van der Waals surface area (Å²) in [6.45, 7) is 2.23. The highest BCUT2D eigenvalue weighted by atomic mass is 32.2. The van der Waals surface area contributed by atoms with Crippen molar-refractivity contribution in [3.63, 3.8) is 0 Å². The highest BCUT2D eigenvalue weighted by Crippen LogP contribution is 2.40. The van der Waals surface area contributed by atoms with Gasteiger partial charge in [0, 0.05) is 53.4 Å². The molecule has 0 bridgehead atoms. The number of rotatable bonds is 7. The Balaban J connectivity index is 1.87. The summed E-state index contributed by atoms with van der Waals surface area (Å²) in [5, 5.41) is 10.4. The van der Waals surface area contributed by atoms with Gasteiger partial charge in [0.1, 0.15) is 17.3 Å². The van der Waals surface area contributed by atoms with E-state index in [1.54, 1.807) is 23.8 Å². The summed E-state index contributed by atoms with van der Waals surface area (Å²) >= 11 is 0. The summed E-state index contributed by atoms with van der Waals surface area (Å²) < 4.78 is 58.6. The lowest BCUT2D eigenvalue weighted by Gasteiger charge is -2.17. The molecule has 3 aromatic rings. The van der Waals surface area contributed by atoms with Gasteiger partial charge >= 0.3 is 0 Å². The quantitative estimate of drug-likeness (QED) is 0.542. The fourth-order valence-electron chi connectivity index (χ4n) is 3.65. The van der Waals surface area contributed by atoms with Crippen LogP contribution in [0.15, 0.2) is 47.4 Å². The number of pyridine rings is 1. The van der Waals surface area contributed by atoms with Crippen molar-refractivity contribution in [2.24, 2.45) is 5.92 Å². The molecule has 174 valence electrons. The molecule has 0 unspecified atom stereocenters. The maximum absolute atomic E-state index is 14.3. The van der Waals surface area contributed by atoms with Crippen LogP contribution in [0.3, 0.4) is 0 Å². The first kappa shape index (κ1) is 23.0. The number of phenolic OH excluding ortho intramolecular Hbond substituents is 1. The summed E-state index contributed by atoms with van der Waals surface area (Å²) in [4.78, 5) is 12.6. The zero-order chi connectivity index (χ0) is 23.9. The molecular formula is C24H23F2NO5S. The number of aromatic nitrogens is 1. The summed E-state index contributed by atoms with van der Waals surface area (Å²) in [6, 6.07) is 7.12. The monoisotopic (exact) mass is 475 g/mol. The second-order valence-electron chi connectivity index (χ2n) is 8.54. The van der Waals surface area contributed by atoms with Crippen LogP contribution < -0.4 is 10.3 Å². The van der Waals surface area contributed by atoms with E-state index in [-0.39, 0.29) is 28.4 Å². The smallest absolute Gasteiger partial charge is 0.253 e. The van der Waals surface area contributed by atoms with E-state index in [1.807, 2.05) is 0 Å². The van der Waals surface area contributed by atoms with Gasteiger partial charge in [-0.2, -0.15) is 0 Å². The number of ether oxygens (including phenoxy) is 1. The largest absolute Gasteiger partial charge is 0.507 e. The van der Waals surface area contributed by atoms with Gasteiger partial charge in [0.15, 0.2) is 21.4 Å². The number of sulfone groups is 1. The summed E-state index contributed by atoms with van der Waals surface area (Å²) in [6.07, 6.45) is 4.79. The fraction of sp³-hybridized carbons (Fsp3) is 0.292. The molecule has 0 saturated heterocycles. The van der Waals surface area contributed by atoms with Crippen molar-refractivity contribution >= 4 is 9.84 Å². The van der Waals surface area contributed by atoms with Crippen molar-refractivity contribution in [2.75, 3.05) is 6.26 Å². The lowest BCUT2D eigenvalue weighted by Crippen LogP contribution is -2.22. The normalized spacial score (nSPS) is 13.8. The van der Waals surface area contributed by atoms with Gasteiger partial charge in [-0.05, 0) is 49.9 Å². The lowest BCUT2D eigenvalue weighted by molar-refractivity contribution is 0.429. The number of aromatic hydroxyl groups is 1. The van der Waals surface area contributed by atoms with Crippen LogP contribution in [0.25, 0.3) is 11.1 Å². The summed E-state index contributed by atoms with van der Waals surface area (Å²) in [5.41, 5.74) is 1.39. The minimum absolute atomic E-state index is 0.0336. The number of aryl methyl sites for hydroxylation is 1. The van der Waals surface area contributed by atoms with Crippen molar-refractivity contribution in [1.29, 1.82) is 0 Å². The van der Waals surface area contributed by atoms with Crippen LogP contribution in [0.2, 0.25) is 0 Å². The van der Waals surface area contributed by atoms with E-state index < -0.39 is 27.2 Å². The van der Waals surface area contributed by atoms with Gasteiger partial charge in [0.05, 0.1) is 5.75 Å². The molecular weight excluding hydrogens is 452 g/mol. The molecule has 1 aromatic heterocycles. The molecule has 1 saturated carbocycles. The van der Waals surface area contributed by atoms with Crippen molar-refractivity contribution in [1.82, 2.24) is 4.57 Å². The van der Waals surface area contributed by atoms with Crippen LogP contribution in [0.4, 0.5) is 8.78 Å². The standard InChI is InChI=1S/C24H23F2NO5S/c1-14-7-16(12-27(24(14)29)11-15-3-4-15)19-8-17(13-33(2,30)31)21(28)10-23(19)32-22-6-5-18(25)9-20(22)26/h5-10,12,15,28H,3-4,11,13H2,1-2H3. The third-order valence-corrected chi connectivity index (χ3v) is 6.28. The maximum Gasteiger partial charge on any atom is 0.253 e. The molecule has 0 aliphatic heterocycles. The molecule has 1 heterocycles. The third-order valence-electron chi connectivity index (χ3n) is 5.44. The van der Waals surface area contributed by atoms with Crippen LogP contribution in [0.1, 0.15) is 24.0 Å². The zero-order valence-corrected chi connectivity index (χ0v) is 19.0. The van der Waals surface area contributed by atoms with Crippen molar-refractivity contribution in [2.45, 2.75) is 32.1 Å². The Bertz CT molecular complexity index is 1390. The van der Waals surface area contributed by atoms with Crippen LogP contribution >= 0.6 is 0 Å². The van der Waals surface area contributed by atoms with Gasteiger partial charge < -0.3 is 14.4 Å². The minimum Gasteiger partial charge on any atom is -0.507 e. The number of benzene rings is 2. The Morgan fingerprint density at radius 1 is 1.12 bits per heavy atom. The number of hydrogen-bond acceptors (Lipinski definition) is 5.